The summed E-state index contributed by atoms with van der Waals surface area (Å²) in [6.07, 6.45) is 0. The van der Waals surface area contributed by atoms with Crippen LogP contribution in [0.1, 0.15) is 25.0 Å². The zero-order valence-electron chi connectivity index (χ0n) is 12.0. The van der Waals surface area contributed by atoms with Crippen LogP contribution in [0.15, 0.2) is 48.5 Å². The van der Waals surface area contributed by atoms with E-state index < -0.39 is 5.41 Å². The summed E-state index contributed by atoms with van der Waals surface area (Å²) >= 11 is 5.82. The summed E-state index contributed by atoms with van der Waals surface area (Å²) in [5, 5.41) is 3.56. The molecule has 2 nitrogen and oxygen atoms in total. The summed E-state index contributed by atoms with van der Waals surface area (Å²) in [4.78, 5) is 12.4. The third-order valence-corrected chi connectivity index (χ3v) is 3.75. The highest BCUT2D eigenvalue weighted by molar-refractivity contribution is 6.30. The van der Waals surface area contributed by atoms with Crippen LogP contribution in [0.3, 0.4) is 0 Å². The second-order valence-electron chi connectivity index (χ2n) is 5.44. The molecule has 0 heterocycles. The maximum atomic E-state index is 13.0. The van der Waals surface area contributed by atoms with E-state index in [1.54, 1.807) is 24.3 Å². The number of rotatable bonds is 4. The van der Waals surface area contributed by atoms with Gasteiger partial charge in [0.1, 0.15) is 5.82 Å². The molecule has 0 saturated heterocycles. The molecular formula is C17H17ClFNO. The fourth-order valence-corrected chi connectivity index (χ4v) is 2.13. The van der Waals surface area contributed by atoms with Gasteiger partial charge in [-0.25, -0.2) is 4.39 Å². The van der Waals surface area contributed by atoms with Crippen molar-refractivity contribution in [2.75, 3.05) is 0 Å². The van der Waals surface area contributed by atoms with E-state index in [1.807, 2.05) is 26.0 Å². The van der Waals surface area contributed by atoms with E-state index in [1.165, 1.54) is 12.1 Å². The second kappa shape index (κ2) is 6.27. The van der Waals surface area contributed by atoms with Crippen molar-refractivity contribution >= 4 is 17.5 Å². The van der Waals surface area contributed by atoms with E-state index in [0.717, 1.165) is 11.1 Å². The molecule has 4 heteroatoms. The van der Waals surface area contributed by atoms with Gasteiger partial charge in [-0.3, -0.25) is 4.79 Å². The fraction of sp³-hybridized carbons (Fsp3) is 0.235. The molecule has 0 aliphatic carbocycles. The van der Waals surface area contributed by atoms with Gasteiger partial charge in [0, 0.05) is 11.6 Å². The molecule has 0 fully saturated rings. The molecule has 2 aromatic carbocycles. The van der Waals surface area contributed by atoms with E-state index >= 15 is 0 Å². The Balaban J connectivity index is 2.04. The standard InChI is InChI=1S/C17H17ClFNO/c1-17(2,13-5-9-15(19)10-6-13)16(21)20-11-12-3-7-14(18)8-4-12/h3-10H,11H2,1-2H3,(H,20,21). The van der Waals surface area contributed by atoms with Crippen LogP contribution in [0, 0.1) is 5.82 Å². The molecule has 0 aliphatic rings. The number of hydrogen-bond acceptors (Lipinski definition) is 1. The van der Waals surface area contributed by atoms with Crippen molar-refractivity contribution in [1.82, 2.24) is 5.32 Å². The lowest BCUT2D eigenvalue weighted by Crippen LogP contribution is -2.39. The Hall–Kier alpha value is -1.87. The molecule has 0 radical (unpaired) electrons. The Morgan fingerprint density at radius 1 is 1.10 bits per heavy atom. The number of carbonyl (C=O) groups is 1. The number of amides is 1. The fourth-order valence-electron chi connectivity index (χ4n) is 2.00. The highest BCUT2D eigenvalue weighted by Gasteiger charge is 2.29. The Labute approximate surface area is 128 Å². The highest BCUT2D eigenvalue weighted by atomic mass is 35.5. The van der Waals surface area contributed by atoms with Crippen LogP contribution in [0.5, 0.6) is 0 Å². The first-order valence-electron chi connectivity index (χ1n) is 6.68. The van der Waals surface area contributed by atoms with Crippen molar-refractivity contribution in [2.24, 2.45) is 0 Å². The molecule has 110 valence electrons. The van der Waals surface area contributed by atoms with Crippen molar-refractivity contribution in [3.8, 4) is 0 Å². The van der Waals surface area contributed by atoms with Crippen LogP contribution in [-0.2, 0) is 16.8 Å². The van der Waals surface area contributed by atoms with Gasteiger partial charge in [-0.15, -0.1) is 0 Å². The maximum Gasteiger partial charge on any atom is 0.230 e. The van der Waals surface area contributed by atoms with E-state index in [0.29, 0.717) is 11.6 Å². The van der Waals surface area contributed by atoms with Gasteiger partial charge in [0.15, 0.2) is 0 Å². The van der Waals surface area contributed by atoms with Crippen molar-refractivity contribution in [2.45, 2.75) is 25.8 Å². The molecule has 0 saturated carbocycles. The van der Waals surface area contributed by atoms with Crippen molar-refractivity contribution in [3.05, 3.63) is 70.5 Å². The van der Waals surface area contributed by atoms with Crippen LogP contribution in [0.4, 0.5) is 4.39 Å². The summed E-state index contributed by atoms with van der Waals surface area (Å²) < 4.78 is 13.0. The molecule has 0 aromatic heterocycles. The van der Waals surface area contributed by atoms with Gasteiger partial charge in [-0.2, -0.15) is 0 Å². The SMILES string of the molecule is CC(C)(C(=O)NCc1ccc(Cl)cc1)c1ccc(F)cc1. The monoisotopic (exact) mass is 305 g/mol. The zero-order valence-corrected chi connectivity index (χ0v) is 12.7. The van der Waals surface area contributed by atoms with Crippen molar-refractivity contribution < 1.29 is 9.18 Å². The number of hydrogen-bond donors (Lipinski definition) is 1. The third kappa shape index (κ3) is 3.82. The molecule has 0 unspecified atom stereocenters. The summed E-state index contributed by atoms with van der Waals surface area (Å²) in [7, 11) is 0. The molecule has 2 aromatic rings. The number of nitrogens with one attached hydrogen (secondary N) is 1. The summed E-state index contributed by atoms with van der Waals surface area (Å²) in [5.74, 6) is -0.416. The average molecular weight is 306 g/mol. The van der Waals surface area contributed by atoms with Crippen molar-refractivity contribution in [1.29, 1.82) is 0 Å². The lowest BCUT2D eigenvalue weighted by atomic mass is 9.83. The van der Waals surface area contributed by atoms with Crippen LogP contribution < -0.4 is 5.32 Å². The third-order valence-electron chi connectivity index (χ3n) is 3.50. The summed E-state index contributed by atoms with van der Waals surface area (Å²) in [6.45, 7) is 4.06. The van der Waals surface area contributed by atoms with Gasteiger partial charge in [0.05, 0.1) is 5.41 Å². The van der Waals surface area contributed by atoms with E-state index in [4.69, 9.17) is 11.6 Å². The van der Waals surface area contributed by atoms with Gasteiger partial charge in [-0.05, 0) is 49.2 Å². The normalized spacial score (nSPS) is 11.2. The molecule has 0 atom stereocenters. The van der Waals surface area contributed by atoms with Crippen LogP contribution in [-0.4, -0.2) is 5.91 Å². The Bertz CT molecular complexity index is 620. The molecule has 0 spiro atoms. The first-order chi connectivity index (χ1) is 9.89. The summed E-state index contributed by atoms with van der Waals surface area (Å²) in [5.41, 5.74) is 1.03. The average Bonchev–Trinajstić information content (AvgIpc) is 2.46. The van der Waals surface area contributed by atoms with E-state index in [2.05, 4.69) is 5.32 Å². The lowest BCUT2D eigenvalue weighted by molar-refractivity contribution is -0.125. The topological polar surface area (TPSA) is 29.1 Å². The van der Waals surface area contributed by atoms with Crippen LogP contribution in [0.25, 0.3) is 0 Å². The van der Waals surface area contributed by atoms with Gasteiger partial charge >= 0.3 is 0 Å². The molecule has 0 aliphatic heterocycles. The van der Waals surface area contributed by atoms with Gasteiger partial charge < -0.3 is 5.32 Å². The highest BCUT2D eigenvalue weighted by Crippen LogP contribution is 2.23. The molecule has 0 bridgehead atoms. The largest absolute Gasteiger partial charge is 0.351 e. The lowest BCUT2D eigenvalue weighted by Gasteiger charge is -2.24. The van der Waals surface area contributed by atoms with E-state index in [9.17, 15) is 9.18 Å². The zero-order chi connectivity index (χ0) is 15.5. The van der Waals surface area contributed by atoms with Crippen molar-refractivity contribution in [3.63, 3.8) is 0 Å². The molecule has 2 rings (SSSR count). The van der Waals surface area contributed by atoms with Crippen LogP contribution in [0.2, 0.25) is 5.02 Å². The Morgan fingerprint density at radius 3 is 2.24 bits per heavy atom. The second-order valence-corrected chi connectivity index (χ2v) is 5.88. The molecular weight excluding hydrogens is 289 g/mol. The molecule has 1 amide bonds. The summed E-state index contributed by atoms with van der Waals surface area (Å²) in [6, 6.07) is 13.3. The number of carbonyl (C=O) groups excluding carboxylic acids is 1. The maximum absolute atomic E-state index is 13.0. The van der Waals surface area contributed by atoms with Gasteiger partial charge in [0.25, 0.3) is 0 Å². The first-order valence-corrected chi connectivity index (χ1v) is 7.06. The predicted octanol–water partition coefficient (Wildman–Crippen LogP) is 4.07. The number of halogens is 2. The minimum atomic E-state index is -0.722. The van der Waals surface area contributed by atoms with Gasteiger partial charge in [-0.1, -0.05) is 35.9 Å². The minimum absolute atomic E-state index is 0.107. The quantitative estimate of drug-likeness (QED) is 0.906. The van der Waals surface area contributed by atoms with Gasteiger partial charge in [0.2, 0.25) is 5.91 Å². The van der Waals surface area contributed by atoms with Crippen LogP contribution >= 0.6 is 11.6 Å². The number of benzene rings is 2. The first kappa shape index (κ1) is 15.5. The predicted molar refractivity (Wildman–Crippen MR) is 82.7 cm³/mol. The Morgan fingerprint density at radius 2 is 1.67 bits per heavy atom. The smallest absolute Gasteiger partial charge is 0.230 e. The minimum Gasteiger partial charge on any atom is -0.351 e. The van der Waals surface area contributed by atoms with E-state index in [-0.39, 0.29) is 11.7 Å². The Kier molecular flexibility index (Phi) is 4.63. The molecule has 21 heavy (non-hydrogen) atoms. The molecule has 1 N–H and O–H groups in total.